The highest BCUT2D eigenvalue weighted by atomic mass is 32.2. The Hall–Kier alpha value is -1.73. The largest absolute Gasteiger partial charge is 0.479 e. The third-order valence-corrected chi connectivity index (χ3v) is 3.14. The van der Waals surface area contributed by atoms with Crippen LogP contribution >= 0.6 is 0 Å². The van der Waals surface area contributed by atoms with Crippen LogP contribution in [0.5, 0.6) is 0 Å². The monoisotopic (exact) mass is 271 g/mol. The molecule has 3 N–H and O–H groups in total. The summed E-state index contributed by atoms with van der Waals surface area (Å²) in [6, 6.07) is 4.71. The molecule has 1 aromatic heterocycles. The lowest BCUT2D eigenvalue weighted by Gasteiger charge is -2.02. The number of fused-ring (bicyclic) bond motifs is 1. The van der Waals surface area contributed by atoms with Gasteiger partial charge in [-0.25, -0.2) is 13.4 Å². The van der Waals surface area contributed by atoms with E-state index in [1.165, 1.54) is 6.20 Å². The van der Waals surface area contributed by atoms with Crippen molar-refractivity contribution in [3.05, 3.63) is 35.5 Å². The summed E-state index contributed by atoms with van der Waals surface area (Å²) in [6.07, 6.45) is -0.792. The fourth-order valence-corrected chi connectivity index (χ4v) is 2.24. The first-order valence-electron chi connectivity index (χ1n) is 5.03. The van der Waals surface area contributed by atoms with E-state index in [4.69, 9.17) is 9.66 Å². The predicted molar refractivity (Wildman–Crippen MR) is 64.3 cm³/mol. The molecule has 0 aliphatic carbocycles. The van der Waals surface area contributed by atoms with E-state index in [2.05, 4.69) is 4.98 Å². The molecule has 0 aliphatic rings. The van der Waals surface area contributed by atoms with Crippen molar-refractivity contribution in [3.63, 3.8) is 0 Å². The molecule has 0 fully saturated rings. The minimum Gasteiger partial charge on any atom is -0.479 e. The van der Waals surface area contributed by atoms with Crippen molar-refractivity contribution in [2.45, 2.75) is 11.9 Å². The number of halogens is 1. The fraction of sp³-hybridized carbons (Fsp3) is 0.182. The Morgan fingerprint density at radius 3 is 2.83 bits per heavy atom. The third kappa shape index (κ3) is 2.41. The standard InChI is InChI=1S/C11H10FNO4S/c12-10(11(14)15)8-4-13-9-3-6(5-18(16)17)1-2-7(8)9/h1-4,10,13H,5H2,(H,14,15)(H,16,17). The zero-order valence-corrected chi connectivity index (χ0v) is 9.91. The Labute approximate surface area is 104 Å². The molecule has 1 heterocycles. The number of nitrogens with one attached hydrogen (secondary N) is 1. The van der Waals surface area contributed by atoms with Crippen molar-refractivity contribution < 1.29 is 23.1 Å². The lowest BCUT2D eigenvalue weighted by molar-refractivity contribution is -0.142. The van der Waals surface area contributed by atoms with Crippen LogP contribution in [-0.2, 0) is 21.6 Å². The van der Waals surface area contributed by atoms with Crippen LogP contribution in [0.4, 0.5) is 4.39 Å². The summed E-state index contributed by atoms with van der Waals surface area (Å²) >= 11 is -1.95. The molecule has 0 saturated carbocycles. The van der Waals surface area contributed by atoms with Crippen molar-refractivity contribution in [3.8, 4) is 0 Å². The van der Waals surface area contributed by atoms with Crippen molar-refractivity contribution in [2.24, 2.45) is 0 Å². The Morgan fingerprint density at radius 2 is 2.22 bits per heavy atom. The molecule has 18 heavy (non-hydrogen) atoms. The highest BCUT2D eigenvalue weighted by Crippen LogP contribution is 2.27. The molecule has 0 spiro atoms. The summed E-state index contributed by atoms with van der Waals surface area (Å²) in [5.41, 5.74) is 1.20. The maximum absolute atomic E-state index is 13.4. The van der Waals surface area contributed by atoms with Crippen LogP contribution in [0.25, 0.3) is 10.9 Å². The van der Waals surface area contributed by atoms with Gasteiger partial charge in [-0.3, -0.25) is 0 Å². The molecule has 0 radical (unpaired) electrons. The average molecular weight is 271 g/mol. The quantitative estimate of drug-likeness (QED) is 0.742. The van der Waals surface area contributed by atoms with Gasteiger partial charge in [0.2, 0.25) is 6.17 Å². The number of carboxylic acids is 1. The number of hydrogen-bond acceptors (Lipinski definition) is 2. The summed E-state index contributed by atoms with van der Waals surface area (Å²) in [5, 5.41) is 9.08. The van der Waals surface area contributed by atoms with E-state index in [0.29, 0.717) is 16.5 Å². The lowest BCUT2D eigenvalue weighted by atomic mass is 10.1. The van der Waals surface area contributed by atoms with Crippen molar-refractivity contribution in [1.82, 2.24) is 4.98 Å². The van der Waals surface area contributed by atoms with Crippen LogP contribution in [0.15, 0.2) is 24.4 Å². The van der Waals surface area contributed by atoms with Crippen LogP contribution in [0.1, 0.15) is 17.3 Å². The average Bonchev–Trinajstić information content (AvgIpc) is 2.69. The van der Waals surface area contributed by atoms with Crippen molar-refractivity contribution in [1.29, 1.82) is 0 Å². The van der Waals surface area contributed by atoms with E-state index < -0.39 is 23.2 Å². The molecule has 1 aromatic carbocycles. The minimum atomic E-state index is -2.09. The van der Waals surface area contributed by atoms with Crippen LogP contribution < -0.4 is 0 Å². The number of benzene rings is 1. The molecule has 2 unspecified atom stereocenters. The van der Waals surface area contributed by atoms with Crippen LogP contribution in [0, 0.1) is 0 Å². The number of alkyl halides is 1. The van der Waals surface area contributed by atoms with Crippen molar-refractivity contribution >= 4 is 28.0 Å². The van der Waals surface area contributed by atoms with Gasteiger partial charge in [-0.2, -0.15) is 0 Å². The molecule has 0 saturated heterocycles. The summed E-state index contributed by atoms with van der Waals surface area (Å²) in [7, 11) is 0. The van der Waals surface area contributed by atoms with Gasteiger partial charge >= 0.3 is 5.97 Å². The summed E-state index contributed by atoms with van der Waals surface area (Å²) in [6.45, 7) is 0. The highest BCUT2D eigenvalue weighted by molar-refractivity contribution is 7.78. The van der Waals surface area contributed by atoms with Gasteiger partial charge in [0.05, 0.1) is 5.75 Å². The molecule has 2 aromatic rings. The van der Waals surface area contributed by atoms with Crippen LogP contribution in [0.2, 0.25) is 0 Å². The molecule has 5 nitrogen and oxygen atoms in total. The molecule has 2 atom stereocenters. The van der Waals surface area contributed by atoms with Gasteiger partial charge in [-0.1, -0.05) is 12.1 Å². The first-order valence-corrected chi connectivity index (χ1v) is 6.31. The van der Waals surface area contributed by atoms with Gasteiger partial charge in [-0.15, -0.1) is 0 Å². The van der Waals surface area contributed by atoms with E-state index in [1.807, 2.05) is 0 Å². The summed E-state index contributed by atoms with van der Waals surface area (Å²) in [4.78, 5) is 13.3. The summed E-state index contributed by atoms with van der Waals surface area (Å²) in [5.74, 6) is -1.57. The van der Waals surface area contributed by atoms with E-state index in [1.54, 1.807) is 18.2 Å². The van der Waals surface area contributed by atoms with Gasteiger partial charge in [0.1, 0.15) is 0 Å². The number of aliphatic carboxylic acids is 1. The highest BCUT2D eigenvalue weighted by Gasteiger charge is 2.21. The zero-order chi connectivity index (χ0) is 13.3. The zero-order valence-electron chi connectivity index (χ0n) is 9.09. The van der Waals surface area contributed by atoms with Gasteiger partial charge in [0, 0.05) is 22.7 Å². The molecule has 0 amide bonds. The smallest absolute Gasteiger partial charge is 0.343 e. The molecule has 2 rings (SSSR count). The Bertz CT molecular complexity index is 625. The van der Waals surface area contributed by atoms with E-state index in [0.717, 1.165) is 0 Å². The maximum Gasteiger partial charge on any atom is 0.343 e. The van der Waals surface area contributed by atoms with E-state index in [9.17, 15) is 13.4 Å². The number of hydrogen-bond donors (Lipinski definition) is 3. The fourth-order valence-electron chi connectivity index (χ4n) is 1.77. The maximum atomic E-state index is 13.4. The normalized spacial score (nSPS) is 14.6. The van der Waals surface area contributed by atoms with Gasteiger partial charge < -0.3 is 14.6 Å². The Kier molecular flexibility index (Phi) is 3.44. The molecular formula is C11H10FNO4S. The first-order chi connectivity index (χ1) is 8.49. The van der Waals surface area contributed by atoms with Gasteiger partial charge in [-0.05, 0) is 11.6 Å². The van der Waals surface area contributed by atoms with Gasteiger partial charge in [0.15, 0.2) is 11.1 Å². The number of carboxylic acid groups (broad SMARTS) is 1. The second-order valence-electron chi connectivity index (χ2n) is 3.79. The second kappa shape index (κ2) is 4.87. The minimum absolute atomic E-state index is 0.0255. The van der Waals surface area contributed by atoms with E-state index >= 15 is 0 Å². The number of rotatable bonds is 4. The lowest BCUT2D eigenvalue weighted by Crippen LogP contribution is -2.05. The molecule has 0 aliphatic heterocycles. The number of aromatic nitrogens is 1. The Balaban J connectivity index is 2.43. The van der Waals surface area contributed by atoms with E-state index in [-0.39, 0.29) is 11.3 Å². The third-order valence-electron chi connectivity index (χ3n) is 2.56. The van der Waals surface area contributed by atoms with Crippen molar-refractivity contribution in [2.75, 3.05) is 0 Å². The molecule has 0 bridgehead atoms. The number of carbonyl (C=O) groups is 1. The second-order valence-corrected chi connectivity index (χ2v) is 4.72. The predicted octanol–water partition coefficient (Wildman–Crippen LogP) is 1.98. The first kappa shape index (κ1) is 12.7. The molecule has 7 heteroatoms. The van der Waals surface area contributed by atoms with Crippen LogP contribution in [0.3, 0.4) is 0 Å². The Morgan fingerprint density at radius 1 is 1.50 bits per heavy atom. The topological polar surface area (TPSA) is 90.4 Å². The van der Waals surface area contributed by atoms with Crippen LogP contribution in [-0.4, -0.2) is 24.8 Å². The molecular weight excluding hydrogens is 261 g/mol. The summed E-state index contributed by atoms with van der Waals surface area (Å²) < 4.78 is 32.9. The SMILES string of the molecule is O=C(O)C(F)c1c[nH]c2cc(CS(=O)O)ccc12. The number of H-pyrrole nitrogens is 1. The van der Waals surface area contributed by atoms with Gasteiger partial charge in [0.25, 0.3) is 0 Å². The molecule has 96 valence electrons. The number of aromatic amines is 1.